The molecule has 21 heavy (non-hydrogen) atoms. The Morgan fingerprint density at radius 2 is 2.05 bits per heavy atom. The molecule has 0 bridgehead atoms. The molecule has 0 saturated carbocycles. The Bertz CT molecular complexity index is 714. The molecule has 0 aliphatic rings. The largest absolute Gasteiger partial charge is 0.480 e. The molecule has 0 aliphatic carbocycles. The lowest BCUT2D eigenvalue weighted by Crippen LogP contribution is -1.99. The maximum atomic E-state index is 13.5. The quantitative estimate of drug-likeness (QED) is 0.549. The van der Waals surface area contributed by atoms with Gasteiger partial charge in [0.15, 0.2) is 0 Å². The first-order chi connectivity index (χ1) is 9.92. The van der Waals surface area contributed by atoms with Crippen LogP contribution in [0.5, 0.6) is 17.6 Å². The van der Waals surface area contributed by atoms with Gasteiger partial charge in [-0.2, -0.15) is 4.98 Å². The number of hydrogen-bond acceptors (Lipinski definition) is 6. The average Bonchev–Trinajstić information content (AvgIpc) is 2.44. The fraction of sp³-hybridized carbons (Fsp3) is 0.0909. The summed E-state index contributed by atoms with van der Waals surface area (Å²) in [6.07, 6.45) is 1.35. The third-order valence-electron chi connectivity index (χ3n) is 2.28. The Balaban J connectivity index is 2.43. The van der Waals surface area contributed by atoms with Gasteiger partial charge in [0.1, 0.15) is 5.82 Å². The van der Waals surface area contributed by atoms with Crippen LogP contribution in [0.3, 0.4) is 0 Å². The van der Waals surface area contributed by atoms with Crippen LogP contribution in [0.2, 0.25) is 0 Å². The van der Waals surface area contributed by atoms with Crippen LogP contribution in [0.1, 0.15) is 0 Å². The van der Waals surface area contributed by atoms with Crippen LogP contribution >= 0.6 is 31.9 Å². The first-order valence-electron chi connectivity index (χ1n) is 5.30. The van der Waals surface area contributed by atoms with Crippen molar-refractivity contribution in [2.45, 2.75) is 0 Å². The Hall–Kier alpha value is -1.81. The lowest BCUT2D eigenvalue weighted by Gasteiger charge is -2.07. The summed E-state index contributed by atoms with van der Waals surface area (Å²) >= 11 is 6.03. The molecule has 0 radical (unpaired) electrons. The van der Waals surface area contributed by atoms with Crippen LogP contribution in [0, 0.1) is 15.9 Å². The third kappa shape index (κ3) is 3.45. The second kappa shape index (κ2) is 6.31. The number of nitro groups is 1. The fourth-order valence-corrected chi connectivity index (χ4v) is 2.05. The molecule has 10 heteroatoms. The topological polar surface area (TPSA) is 87.4 Å². The van der Waals surface area contributed by atoms with Gasteiger partial charge in [-0.1, -0.05) is 0 Å². The van der Waals surface area contributed by atoms with E-state index in [1.807, 2.05) is 0 Å². The van der Waals surface area contributed by atoms with Crippen molar-refractivity contribution in [1.82, 2.24) is 9.97 Å². The van der Waals surface area contributed by atoms with E-state index < -0.39 is 16.4 Å². The van der Waals surface area contributed by atoms with Crippen molar-refractivity contribution in [3.8, 4) is 17.6 Å². The summed E-state index contributed by atoms with van der Waals surface area (Å²) in [7, 11) is 1.39. The number of benzene rings is 1. The Morgan fingerprint density at radius 1 is 1.33 bits per heavy atom. The van der Waals surface area contributed by atoms with Gasteiger partial charge in [-0.3, -0.25) is 10.1 Å². The van der Waals surface area contributed by atoms with Crippen LogP contribution in [0.15, 0.2) is 27.3 Å². The van der Waals surface area contributed by atoms with Crippen molar-refractivity contribution in [1.29, 1.82) is 0 Å². The summed E-state index contributed by atoms with van der Waals surface area (Å²) in [6.45, 7) is 0. The number of nitrogens with zero attached hydrogens (tertiary/aromatic N) is 3. The molecule has 0 N–H and O–H groups in total. The normalized spacial score (nSPS) is 10.3. The monoisotopic (exact) mass is 421 g/mol. The highest BCUT2D eigenvalue weighted by atomic mass is 79.9. The minimum absolute atomic E-state index is 0.0455. The molecular formula is C11H6Br2FN3O4. The lowest BCUT2D eigenvalue weighted by molar-refractivity contribution is -0.385. The van der Waals surface area contributed by atoms with Gasteiger partial charge < -0.3 is 9.47 Å². The van der Waals surface area contributed by atoms with Crippen LogP contribution in [-0.4, -0.2) is 22.0 Å². The maximum Gasteiger partial charge on any atom is 0.325 e. The van der Waals surface area contributed by atoms with E-state index in [0.29, 0.717) is 4.47 Å². The van der Waals surface area contributed by atoms with Crippen LogP contribution in [0.4, 0.5) is 10.1 Å². The molecular weight excluding hydrogens is 417 g/mol. The maximum absolute atomic E-state index is 13.5. The molecule has 0 spiro atoms. The van der Waals surface area contributed by atoms with E-state index in [1.54, 1.807) is 0 Å². The minimum Gasteiger partial charge on any atom is -0.480 e. The number of aromatic nitrogens is 2. The van der Waals surface area contributed by atoms with Crippen LogP contribution in [0.25, 0.3) is 0 Å². The average molecular weight is 423 g/mol. The van der Waals surface area contributed by atoms with Gasteiger partial charge in [-0.25, -0.2) is 9.37 Å². The number of ether oxygens (including phenoxy) is 2. The predicted molar refractivity (Wildman–Crippen MR) is 77.1 cm³/mol. The number of hydrogen-bond donors (Lipinski definition) is 0. The molecule has 7 nitrogen and oxygen atoms in total. The van der Waals surface area contributed by atoms with E-state index in [2.05, 4.69) is 41.8 Å². The van der Waals surface area contributed by atoms with E-state index in [4.69, 9.17) is 9.47 Å². The van der Waals surface area contributed by atoms with E-state index in [0.717, 1.165) is 12.1 Å². The van der Waals surface area contributed by atoms with E-state index in [-0.39, 0.29) is 22.1 Å². The van der Waals surface area contributed by atoms with Crippen molar-refractivity contribution < 1.29 is 18.8 Å². The van der Waals surface area contributed by atoms with Crippen molar-refractivity contribution in [3.63, 3.8) is 0 Å². The van der Waals surface area contributed by atoms with Crippen LogP contribution < -0.4 is 9.47 Å². The van der Waals surface area contributed by atoms with E-state index >= 15 is 0 Å². The molecule has 0 atom stereocenters. The standard InChI is InChI=1S/C11H6Br2FN3O4/c1-20-10-6(13)4-15-11(16-10)21-9-3-7(14)5(12)2-8(9)17(18)19/h2-4H,1H3. The highest BCUT2D eigenvalue weighted by molar-refractivity contribution is 9.10. The van der Waals surface area contributed by atoms with Gasteiger partial charge in [0.2, 0.25) is 11.6 Å². The molecule has 0 fully saturated rings. The first-order valence-corrected chi connectivity index (χ1v) is 6.88. The smallest absolute Gasteiger partial charge is 0.325 e. The molecule has 110 valence electrons. The zero-order valence-corrected chi connectivity index (χ0v) is 13.5. The molecule has 0 unspecified atom stereocenters. The lowest BCUT2D eigenvalue weighted by atomic mass is 10.3. The van der Waals surface area contributed by atoms with Gasteiger partial charge in [0, 0.05) is 12.1 Å². The molecule has 0 aliphatic heterocycles. The van der Waals surface area contributed by atoms with E-state index in [9.17, 15) is 14.5 Å². The highest BCUT2D eigenvalue weighted by Gasteiger charge is 2.21. The molecule has 2 rings (SSSR count). The van der Waals surface area contributed by atoms with E-state index in [1.165, 1.54) is 13.3 Å². The van der Waals surface area contributed by atoms with Crippen molar-refractivity contribution in [3.05, 3.63) is 43.2 Å². The zero-order chi connectivity index (χ0) is 15.6. The van der Waals surface area contributed by atoms with Gasteiger partial charge in [-0.05, 0) is 31.9 Å². The van der Waals surface area contributed by atoms with Gasteiger partial charge in [0.05, 0.1) is 27.2 Å². The second-order valence-corrected chi connectivity index (χ2v) is 5.31. The Labute approximate surface area is 134 Å². The summed E-state index contributed by atoms with van der Waals surface area (Å²) < 4.78 is 24.1. The summed E-state index contributed by atoms with van der Waals surface area (Å²) in [5, 5.41) is 11.0. The summed E-state index contributed by atoms with van der Waals surface area (Å²) in [6, 6.07) is 1.67. The highest BCUT2D eigenvalue weighted by Crippen LogP contribution is 2.35. The summed E-state index contributed by atoms with van der Waals surface area (Å²) in [5.74, 6) is -0.843. The van der Waals surface area contributed by atoms with Gasteiger partial charge in [0.25, 0.3) is 0 Å². The molecule has 1 aromatic heterocycles. The van der Waals surface area contributed by atoms with Gasteiger partial charge in [-0.15, -0.1) is 0 Å². The van der Waals surface area contributed by atoms with Crippen molar-refractivity contribution in [2.75, 3.05) is 7.11 Å². The van der Waals surface area contributed by atoms with Crippen molar-refractivity contribution in [2.24, 2.45) is 0 Å². The Kier molecular flexibility index (Phi) is 4.68. The number of methoxy groups -OCH3 is 1. The van der Waals surface area contributed by atoms with Crippen LogP contribution in [-0.2, 0) is 0 Å². The summed E-state index contributed by atoms with van der Waals surface area (Å²) in [5.41, 5.74) is -0.422. The molecule has 2 aromatic rings. The first kappa shape index (κ1) is 15.6. The fourth-order valence-electron chi connectivity index (χ4n) is 1.37. The van der Waals surface area contributed by atoms with Gasteiger partial charge >= 0.3 is 11.7 Å². The molecule has 1 heterocycles. The second-order valence-electron chi connectivity index (χ2n) is 3.60. The summed E-state index contributed by atoms with van der Waals surface area (Å²) in [4.78, 5) is 18.0. The third-order valence-corrected chi connectivity index (χ3v) is 3.43. The molecule has 1 aromatic carbocycles. The molecule has 0 amide bonds. The molecule has 0 saturated heterocycles. The SMILES string of the molecule is COc1nc(Oc2cc(F)c(Br)cc2[N+](=O)[O-])ncc1Br. The zero-order valence-electron chi connectivity index (χ0n) is 10.3. The Morgan fingerprint density at radius 3 is 2.67 bits per heavy atom. The number of nitro benzene ring substituents is 1. The number of rotatable bonds is 4. The number of halogens is 3. The minimum atomic E-state index is -0.709. The predicted octanol–water partition coefficient (Wildman–Crippen LogP) is 3.85. The van der Waals surface area contributed by atoms with Crippen molar-refractivity contribution >= 4 is 37.5 Å².